The van der Waals surface area contributed by atoms with Crippen LogP contribution in [0.15, 0.2) is 23.1 Å². The van der Waals surface area contributed by atoms with Crippen LogP contribution in [0.5, 0.6) is 0 Å². The van der Waals surface area contributed by atoms with Crippen LogP contribution in [0.3, 0.4) is 0 Å². The van der Waals surface area contributed by atoms with Gasteiger partial charge in [-0.25, -0.2) is 13.1 Å². The number of rotatable bonds is 4. The van der Waals surface area contributed by atoms with Gasteiger partial charge in [0.05, 0.1) is 23.9 Å². The number of nitrogens with two attached hydrogens (primary N) is 2. The van der Waals surface area contributed by atoms with Crippen LogP contribution in [0.4, 0.5) is 5.69 Å². The molecule has 2 bridgehead atoms. The van der Waals surface area contributed by atoms with Gasteiger partial charge in [0.25, 0.3) is 0 Å². The van der Waals surface area contributed by atoms with Gasteiger partial charge in [-0.2, -0.15) is 0 Å². The Morgan fingerprint density at radius 2 is 2.10 bits per heavy atom. The number of hydrogen-bond donors (Lipinski definition) is 3. The fourth-order valence-corrected chi connectivity index (χ4v) is 4.36. The van der Waals surface area contributed by atoms with Gasteiger partial charge >= 0.3 is 0 Å². The monoisotopic (exact) mass is 311 g/mol. The first kappa shape index (κ1) is 14.3. The van der Waals surface area contributed by atoms with Crippen LogP contribution < -0.4 is 16.2 Å². The Balaban J connectivity index is 1.83. The van der Waals surface area contributed by atoms with Crippen molar-refractivity contribution in [2.24, 2.45) is 5.73 Å². The topological polar surface area (TPSA) is 125 Å². The molecule has 0 aromatic heterocycles. The molecule has 3 atom stereocenters. The van der Waals surface area contributed by atoms with E-state index >= 15 is 0 Å². The maximum atomic E-state index is 12.4. The summed E-state index contributed by atoms with van der Waals surface area (Å²) in [4.78, 5) is 11.0. The molecule has 114 valence electrons. The number of nitrogen functional groups attached to an aromatic ring is 1. The molecular weight excluding hydrogens is 294 g/mol. The van der Waals surface area contributed by atoms with Crippen molar-refractivity contribution in [3.63, 3.8) is 0 Å². The fraction of sp³-hybridized carbons (Fsp3) is 0.462. The summed E-state index contributed by atoms with van der Waals surface area (Å²) in [5, 5.41) is 0. The number of anilines is 1. The molecule has 1 aromatic rings. The number of carbonyl (C=O) groups is 1. The standard InChI is InChI=1S/C13H17N3O4S/c14-9-5-7(13(15)17)1-4-12(9)21(18,19)16-10-6-8-2-3-11(10)20-8/h1,4-5,8,10-11,16H,2-3,6,14H2,(H2,15,17). The van der Waals surface area contributed by atoms with Gasteiger partial charge < -0.3 is 16.2 Å². The average Bonchev–Trinajstić information content (AvgIpc) is 2.99. The summed E-state index contributed by atoms with van der Waals surface area (Å²) >= 11 is 0. The molecule has 2 fully saturated rings. The van der Waals surface area contributed by atoms with E-state index in [1.807, 2.05) is 0 Å². The molecule has 2 aliphatic heterocycles. The first-order chi connectivity index (χ1) is 9.87. The van der Waals surface area contributed by atoms with E-state index in [9.17, 15) is 13.2 Å². The van der Waals surface area contributed by atoms with E-state index in [0.717, 1.165) is 12.8 Å². The number of ether oxygens (including phenoxy) is 1. The molecule has 5 N–H and O–H groups in total. The predicted octanol–water partition coefficient (Wildman–Crippen LogP) is -0.0341. The van der Waals surface area contributed by atoms with Crippen molar-refractivity contribution < 1.29 is 17.9 Å². The Bertz CT molecular complexity index is 689. The summed E-state index contributed by atoms with van der Waals surface area (Å²) in [5.74, 6) is -0.653. The van der Waals surface area contributed by atoms with Gasteiger partial charge in [0, 0.05) is 5.56 Å². The molecule has 8 heteroatoms. The second kappa shape index (κ2) is 4.97. The number of carbonyl (C=O) groups excluding carboxylic acids is 1. The van der Waals surface area contributed by atoms with Gasteiger partial charge in [-0.15, -0.1) is 0 Å². The van der Waals surface area contributed by atoms with E-state index in [1.54, 1.807) is 0 Å². The molecule has 0 saturated carbocycles. The van der Waals surface area contributed by atoms with Crippen LogP contribution >= 0.6 is 0 Å². The zero-order chi connectivity index (χ0) is 15.2. The second-order valence-corrected chi connectivity index (χ2v) is 7.14. The fourth-order valence-electron chi connectivity index (χ4n) is 2.97. The number of sulfonamides is 1. The van der Waals surface area contributed by atoms with Crippen LogP contribution in [0.2, 0.25) is 0 Å². The van der Waals surface area contributed by atoms with E-state index in [-0.39, 0.29) is 34.4 Å². The number of benzene rings is 1. The molecule has 0 radical (unpaired) electrons. The van der Waals surface area contributed by atoms with Crippen molar-refractivity contribution in [3.05, 3.63) is 23.8 Å². The Labute approximate surface area is 122 Å². The molecular formula is C13H17N3O4S. The number of primary amides is 1. The maximum Gasteiger partial charge on any atom is 0.248 e. The normalized spacial score (nSPS) is 27.9. The SMILES string of the molecule is NC(=O)c1ccc(S(=O)(=O)NC2CC3CCC2O3)c(N)c1. The molecule has 1 amide bonds. The van der Waals surface area contributed by atoms with Gasteiger partial charge in [0.15, 0.2) is 0 Å². The molecule has 0 spiro atoms. The van der Waals surface area contributed by atoms with Crippen LogP contribution in [0, 0.1) is 0 Å². The highest BCUT2D eigenvalue weighted by Crippen LogP contribution is 2.35. The highest BCUT2D eigenvalue weighted by Gasteiger charge is 2.42. The smallest absolute Gasteiger partial charge is 0.248 e. The zero-order valence-corrected chi connectivity index (χ0v) is 12.1. The second-order valence-electron chi connectivity index (χ2n) is 5.45. The van der Waals surface area contributed by atoms with Crippen molar-refractivity contribution >= 4 is 21.6 Å². The van der Waals surface area contributed by atoms with Gasteiger partial charge in [-0.3, -0.25) is 4.79 Å². The largest absolute Gasteiger partial charge is 0.398 e. The minimum Gasteiger partial charge on any atom is -0.398 e. The van der Waals surface area contributed by atoms with Gasteiger partial charge in [0.2, 0.25) is 15.9 Å². The van der Waals surface area contributed by atoms with Crippen molar-refractivity contribution in [2.75, 3.05) is 5.73 Å². The lowest BCUT2D eigenvalue weighted by molar-refractivity contribution is 0.0994. The van der Waals surface area contributed by atoms with Gasteiger partial charge in [-0.1, -0.05) is 0 Å². The van der Waals surface area contributed by atoms with E-state index in [4.69, 9.17) is 16.2 Å². The Kier molecular flexibility index (Phi) is 3.39. The Morgan fingerprint density at radius 3 is 2.62 bits per heavy atom. The molecule has 3 unspecified atom stereocenters. The maximum absolute atomic E-state index is 12.4. The van der Waals surface area contributed by atoms with Crippen LogP contribution in [0.1, 0.15) is 29.6 Å². The lowest BCUT2D eigenvalue weighted by atomic mass is 9.96. The molecule has 21 heavy (non-hydrogen) atoms. The summed E-state index contributed by atoms with van der Waals surface area (Å²) in [5.41, 5.74) is 11.1. The van der Waals surface area contributed by atoms with Gasteiger partial charge in [-0.05, 0) is 37.5 Å². The third-order valence-corrected chi connectivity index (χ3v) is 5.56. The first-order valence-corrected chi connectivity index (χ1v) is 8.22. The molecule has 2 aliphatic rings. The van der Waals surface area contributed by atoms with Crippen LogP contribution in [0.25, 0.3) is 0 Å². The van der Waals surface area contributed by atoms with E-state index in [0.29, 0.717) is 6.42 Å². The molecule has 2 saturated heterocycles. The number of fused-ring (bicyclic) bond motifs is 2. The van der Waals surface area contributed by atoms with E-state index in [2.05, 4.69) is 4.72 Å². The van der Waals surface area contributed by atoms with Crippen LogP contribution in [-0.2, 0) is 14.8 Å². The number of hydrogen-bond acceptors (Lipinski definition) is 5. The Morgan fingerprint density at radius 1 is 1.33 bits per heavy atom. The van der Waals surface area contributed by atoms with Crippen molar-refractivity contribution in [1.82, 2.24) is 4.72 Å². The van der Waals surface area contributed by atoms with Crippen LogP contribution in [-0.4, -0.2) is 32.6 Å². The minimum atomic E-state index is -3.75. The Hall–Kier alpha value is -1.64. The minimum absolute atomic E-state index is 0.00266. The average molecular weight is 311 g/mol. The summed E-state index contributed by atoms with van der Waals surface area (Å²) in [6, 6.07) is 3.70. The third kappa shape index (κ3) is 2.61. The highest BCUT2D eigenvalue weighted by atomic mass is 32.2. The predicted molar refractivity (Wildman–Crippen MR) is 76.0 cm³/mol. The summed E-state index contributed by atoms with van der Waals surface area (Å²) in [6.07, 6.45) is 2.63. The summed E-state index contributed by atoms with van der Waals surface area (Å²) in [7, 11) is -3.75. The number of amides is 1. The summed E-state index contributed by atoms with van der Waals surface area (Å²) < 4.78 is 33.1. The molecule has 0 aliphatic carbocycles. The molecule has 2 heterocycles. The molecule has 7 nitrogen and oxygen atoms in total. The lowest BCUT2D eigenvalue weighted by Gasteiger charge is -2.20. The lowest BCUT2D eigenvalue weighted by Crippen LogP contribution is -2.41. The van der Waals surface area contributed by atoms with E-state index < -0.39 is 15.9 Å². The zero-order valence-electron chi connectivity index (χ0n) is 11.3. The third-order valence-electron chi connectivity index (χ3n) is 4.00. The number of nitrogens with one attached hydrogen (secondary N) is 1. The van der Waals surface area contributed by atoms with Crippen molar-refractivity contribution in [3.8, 4) is 0 Å². The molecule has 3 rings (SSSR count). The van der Waals surface area contributed by atoms with Gasteiger partial charge in [0.1, 0.15) is 4.90 Å². The first-order valence-electron chi connectivity index (χ1n) is 6.74. The van der Waals surface area contributed by atoms with Crippen molar-refractivity contribution in [1.29, 1.82) is 0 Å². The quantitative estimate of drug-likeness (QED) is 0.673. The highest BCUT2D eigenvalue weighted by molar-refractivity contribution is 7.89. The molecule has 1 aromatic carbocycles. The van der Waals surface area contributed by atoms with E-state index in [1.165, 1.54) is 18.2 Å². The van der Waals surface area contributed by atoms with Crippen molar-refractivity contribution in [2.45, 2.75) is 42.4 Å². The summed E-state index contributed by atoms with van der Waals surface area (Å²) in [6.45, 7) is 0.